The van der Waals surface area contributed by atoms with Gasteiger partial charge in [-0.2, -0.15) is 0 Å². The van der Waals surface area contributed by atoms with Gasteiger partial charge in [-0.3, -0.25) is 0 Å². The smallest absolute Gasteiger partial charge is 0.147 e. The number of anilines is 2. The normalized spacial score (nSPS) is 10.6. The molecule has 2 N–H and O–H groups in total. The molecule has 0 atom stereocenters. The molecule has 0 spiro atoms. The van der Waals surface area contributed by atoms with E-state index in [4.69, 9.17) is 34.8 Å². The minimum Gasteiger partial charge on any atom is -0.369 e. The highest BCUT2D eigenvalue weighted by Gasteiger charge is 2.08. The van der Waals surface area contributed by atoms with Crippen molar-refractivity contribution in [3.8, 4) is 0 Å². The molecule has 0 unspecified atom stereocenters. The molecule has 2 rings (SSSR count). The summed E-state index contributed by atoms with van der Waals surface area (Å²) in [5, 5.41) is 7.35. The van der Waals surface area contributed by atoms with E-state index in [1.165, 1.54) is 4.88 Å². The van der Waals surface area contributed by atoms with Gasteiger partial charge in [-0.15, -0.1) is 11.3 Å². The van der Waals surface area contributed by atoms with Crippen LogP contribution in [0.15, 0.2) is 18.2 Å². The zero-order valence-electron chi connectivity index (χ0n) is 10.8. The number of halogens is 3. The third-order valence-electron chi connectivity index (χ3n) is 2.57. The molecule has 20 heavy (non-hydrogen) atoms. The summed E-state index contributed by atoms with van der Waals surface area (Å²) in [6.45, 7) is 3.47. The van der Waals surface area contributed by atoms with E-state index in [1.54, 1.807) is 17.4 Å². The molecule has 0 aromatic carbocycles. The Morgan fingerprint density at radius 2 is 1.80 bits per heavy atom. The second-order valence-corrected chi connectivity index (χ2v) is 6.68. The van der Waals surface area contributed by atoms with Crippen LogP contribution in [0.1, 0.15) is 11.8 Å². The number of hydrogen-bond acceptors (Lipinski definition) is 4. The minimum atomic E-state index is 0.515. The lowest BCUT2D eigenvalue weighted by Gasteiger charge is -2.11. The van der Waals surface area contributed by atoms with Crippen molar-refractivity contribution in [3.05, 3.63) is 37.5 Å². The largest absolute Gasteiger partial charge is 0.369 e. The number of nitrogens with zero attached hydrogens (tertiary/aromatic N) is 1. The van der Waals surface area contributed by atoms with Gasteiger partial charge in [0.2, 0.25) is 0 Å². The van der Waals surface area contributed by atoms with Crippen molar-refractivity contribution in [2.45, 2.75) is 13.3 Å². The van der Waals surface area contributed by atoms with Gasteiger partial charge in [-0.25, -0.2) is 4.98 Å². The predicted octanol–water partition coefficient (Wildman–Crippen LogP) is 5.19. The van der Waals surface area contributed by atoms with E-state index in [2.05, 4.69) is 15.6 Å². The van der Waals surface area contributed by atoms with Gasteiger partial charge in [0.25, 0.3) is 0 Å². The van der Waals surface area contributed by atoms with Crippen LogP contribution in [-0.4, -0.2) is 18.1 Å². The highest BCUT2D eigenvalue weighted by atomic mass is 35.5. The first kappa shape index (κ1) is 15.7. The molecular weight excluding hydrogens is 337 g/mol. The first-order valence-corrected chi connectivity index (χ1v) is 8.13. The van der Waals surface area contributed by atoms with Crippen LogP contribution in [0.2, 0.25) is 14.4 Å². The fourth-order valence-electron chi connectivity index (χ4n) is 1.67. The second-order valence-electron chi connectivity index (χ2n) is 4.06. The number of pyridine rings is 1. The van der Waals surface area contributed by atoms with Crippen molar-refractivity contribution in [2.24, 2.45) is 0 Å². The fourth-order valence-corrected chi connectivity index (χ4v) is 3.25. The number of aromatic nitrogens is 1. The number of hydrogen-bond donors (Lipinski definition) is 2. The standard InChI is InChI=1S/C13H14Cl3N3S/c1-2-17-12-9(14)7-10(15)13(19-12)18-6-5-8-3-4-11(16)20-8/h3-4,7H,2,5-6H2,1H3,(H2,17,18,19). The van der Waals surface area contributed by atoms with Crippen LogP contribution in [-0.2, 0) is 6.42 Å². The molecule has 0 bridgehead atoms. The van der Waals surface area contributed by atoms with E-state index in [0.29, 0.717) is 21.7 Å². The van der Waals surface area contributed by atoms with E-state index in [9.17, 15) is 0 Å². The fraction of sp³-hybridized carbons (Fsp3) is 0.308. The molecule has 0 aliphatic heterocycles. The van der Waals surface area contributed by atoms with Crippen molar-refractivity contribution in [1.82, 2.24) is 4.98 Å². The summed E-state index contributed by atoms with van der Waals surface area (Å²) >= 11 is 19.7. The Hall–Kier alpha value is -0.680. The lowest BCUT2D eigenvalue weighted by molar-refractivity contribution is 1.03. The van der Waals surface area contributed by atoms with E-state index in [1.807, 2.05) is 19.1 Å². The molecular formula is C13H14Cl3N3S. The van der Waals surface area contributed by atoms with E-state index >= 15 is 0 Å². The highest BCUT2D eigenvalue weighted by Crippen LogP contribution is 2.29. The van der Waals surface area contributed by atoms with Gasteiger partial charge in [0.05, 0.1) is 14.4 Å². The summed E-state index contributed by atoms with van der Waals surface area (Å²) in [4.78, 5) is 5.61. The summed E-state index contributed by atoms with van der Waals surface area (Å²) in [6, 6.07) is 5.62. The van der Waals surface area contributed by atoms with Gasteiger partial charge in [0.1, 0.15) is 11.6 Å². The van der Waals surface area contributed by atoms with Gasteiger partial charge >= 0.3 is 0 Å². The van der Waals surface area contributed by atoms with Gasteiger partial charge in [-0.05, 0) is 31.5 Å². The molecule has 108 valence electrons. The van der Waals surface area contributed by atoms with Crippen molar-refractivity contribution >= 4 is 57.8 Å². The molecule has 0 aliphatic rings. The third-order valence-corrected chi connectivity index (χ3v) is 4.43. The van der Waals surface area contributed by atoms with Crippen LogP contribution in [0.4, 0.5) is 11.6 Å². The lowest BCUT2D eigenvalue weighted by atomic mass is 10.3. The average molecular weight is 351 g/mol. The highest BCUT2D eigenvalue weighted by molar-refractivity contribution is 7.16. The van der Waals surface area contributed by atoms with E-state index in [-0.39, 0.29) is 0 Å². The molecule has 0 fully saturated rings. The zero-order valence-corrected chi connectivity index (χ0v) is 13.9. The molecule has 2 aromatic rings. The molecule has 0 radical (unpaired) electrons. The molecule has 0 amide bonds. The minimum absolute atomic E-state index is 0.515. The zero-order chi connectivity index (χ0) is 14.5. The molecule has 2 heterocycles. The van der Waals surface area contributed by atoms with Gasteiger partial charge in [-0.1, -0.05) is 34.8 Å². The summed E-state index contributed by atoms with van der Waals surface area (Å²) in [6.07, 6.45) is 0.870. The molecule has 0 saturated heterocycles. The van der Waals surface area contributed by atoms with Crippen LogP contribution < -0.4 is 10.6 Å². The lowest BCUT2D eigenvalue weighted by Crippen LogP contribution is -2.08. The maximum atomic E-state index is 6.13. The van der Waals surface area contributed by atoms with Crippen LogP contribution >= 0.6 is 46.1 Å². The monoisotopic (exact) mass is 349 g/mol. The first-order valence-electron chi connectivity index (χ1n) is 6.18. The Labute approximate surface area is 137 Å². The number of thiophene rings is 1. The Morgan fingerprint density at radius 1 is 1.10 bits per heavy atom. The topological polar surface area (TPSA) is 37.0 Å². The van der Waals surface area contributed by atoms with E-state index < -0.39 is 0 Å². The molecule has 0 aliphatic carbocycles. The first-order chi connectivity index (χ1) is 9.60. The van der Waals surface area contributed by atoms with Gasteiger partial charge < -0.3 is 10.6 Å². The van der Waals surface area contributed by atoms with Crippen molar-refractivity contribution in [3.63, 3.8) is 0 Å². The Bertz CT molecular complexity index is 586. The Morgan fingerprint density at radius 3 is 2.40 bits per heavy atom. The summed E-state index contributed by atoms with van der Waals surface area (Å²) < 4.78 is 0.803. The molecule has 7 heteroatoms. The van der Waals surface area contributed by atoms with E-state index in [0.717, 1.165) is 23.8 Å². The second kappa shape index (κ2) is 7.36. The summed E-state index contributed by atoms with van der Waals surface area (Å²) in [5.74, 6) is 1.27. The Balaban J connectivity index is 1.99. The summed E-state index contributed by atoms with van der Waals surface area (Å²) in [5.41, 5.74) is 0. The molecule has 2 aromatic heterocycles. The van der Waals surface area contributed by atoms with Crippen LogP contribution in [0, 0.1) is 0 Å². The van der Waals surface area contributed by atoms with Crippen molar-refractivity contribution in [2.75, 3.05) is 23.7 Å². The van der Waals surface area contributed by atoms with Crippen LogP contribution in [0.5, 0.6) is 0 Å². The average Bonchev–Trinajstić information content (AvgIpc) is 2.81. The Kier molecular flexibility index (Phi) is 5.78. The molecule has 0 saturated carbocycles. The SMILES string of the molecule is CCNc1nc(NCCc2ccc(Cl)s2)c(Cl)cc1Cl. The predicted molar refractivity (Wildman–Crippen MR) is 89.9 cm³/mol. The van der Waals surface area contributed by atoms with Crippen molar-refractivity contribution in [1.29, 1.82) is 0 Å². The number of rotatable bonds is 6. The number of nitrogens with one attached hydrogen (secondary N) is 2. The summed E-state index contributed by atoms with van der Waals surface area (Å²) in [7, 11) is 0. The van der Waals surface area contributed by atoms with Crippen LogP contribution in [0.3, 0.4) is 0 Å². The molecule has 3 nitrogen and oxygen atoms in total. The third kappa shape index (κ3) is 4.16. The van der Waals surface area contributed by atoms with Gasteiger partial charge in [0, 0.05) is 18.0 Å². The van der Waals surface area contributed by atoms with Crippen LogP contribution in [0.25, 0.3) is 0 Å². The maximum absolute atomic E-state index is 6.13. The van der Waals surface area contributed by atoms with Crippen molar-refractivity contribution < 1.29 is 0 Å². The van der Waals surface area contributed by atoms with Gasteiger partial charge in [0.15, 0.2) is 0 Å². The quantitative estimate of drug-likeness (QED) is 0.752. The maximum Gasteiger partial charge on any atom is 0.147 e.